The average Bonchev–Trinajstić information content (AvgIpc) is 3.29. The van der Waals surface area contributed by atoms with Crippen LogP contribution in [0.15, 0.2) is 23.2 Å². The number of nitrogens with one attached hydrogen (secondary N) is 3. The van der Waals surface area contributed by atoms with Gasteiger partial charge in [-0.15, -0.1) is 12.4 Å². The van der Waals surface area contributed by atoms with Crippen molar-refractivity contribution in [3.05, 3.63) is 23.2 Å². The number of hydrogen-bond donors (Lipinski definition) is 3. The maximum atomic E-state index is 11.5. The monoisotopic (exact) mass is 346 g/mol. The van der Waals surface area contributed by atoms with Crippen molar-refractivity contribution in [2.75, 3.05) is 26.0 Å². The number of amides is 2. The number of rotatable bonds is 4. The van der Waals surface area contributed by atoms with E-state index in [1.165, 1.54) is 12.8 Å². The molecule has 1 aromatic carbocycles. The molecule has 0 spiro atoms. The third-order valence-corrected chi connectivity index (χ3v) is 3.37. The molecule has 0 aliphatic heterocycles. The lowest BCUT2D eigenvalue weighted by Crippen LogP contribution is -2.41. The molecule has 1 aliphatic rings. The minimum absolute atomic E-state index is 0. The summed E-state index contributed by atoms with van der Waals surface area (Å²) in [6.07, 6.45) is 2.40. The van der Waals surface area contributed by atoms with Gasteiger partial charge in [0.15, 0.2) is 0 Å². The average molecular weight is 347 g/mol. The normalized spacial score (nSPS) is 13.9. The minimum atomic E-state index is -0.323. The Hall–Kier alpha value is -1.66. The molecule has 2 rings (SSSR count). The first-order valence-electron chi connectivity index (χ1n) is 6.76. The van der Waals surface area contributed by atoms with E-state index >= 15 is 0 Å². The Morgan fingerprint density at radius 3 is 2.73 bits per heavy atom. The van der Waals surface area contributed by atoms with Gasteiger partial charge in [-0.25, -0.2) is 4.79 Å². The molecule has 0 unspecified atom stereocenters. The Morgan fingerprint density at radius 1 is 1.45 bits per heavy atom. The summed E-state index contributed by atoms with van der Waals surface area (Å²) in [4.78, 5) is 15.9. The van der Waals surface area contributed by atoms with Crippen LogP contribution in [0.25, 0.3) is 0 Å². The second-order valence-corrected chi connectivity index (χ2v) is 5.22. The van der Waals surface area contributed by atoms with E-state index < -0.39 is 0 Å². The third kappa shape index (κ3) is 5.61. The molecule has 1 aliphatic carbocycles. The van der Waals surface area contributed by atoms with Gasteiger partial charge in [0.05, 0.1) is 12.1 Å². The topological polar surface area (TPSA) is 74.8 Å². The van der Waals surface area contributed by atoms with Crippen LogP contribution in [0.1, 0.15) is 12.8 Å². The first kappa shape index (κ1) is 18.4. The second kappa shape index (κ2) is 8.70. The van der Waals surface area contributed by atoms with Crippen LogP contribution in [0.4, 0.5) is 10.5 Å². The summed E-state index contributed by atoms with van der Waals surface area (Å²) in [6.45, 7) is 0.705. The van der Waals surface area contributed by atoms with Gasteiger partial charge in [-0.2, -0.15) is 0 Å². The van der Waals surface area contributed by atoms with Crippen LogP contribution in [0, 0.1) is 5.92 Å². The highest BCUT2D eigenvalue weighted by Crippen LogP contribution is 2.29. The highest BCUT2D eigenvalue weighted by molar-refractivity contribution is 6.32. The number of halogens is 2. The summed E-state index contributed by atoms with van der Waals surface area (Å²) < 4.78 is 5.10. The van der Waals surface area contributed by atoms with Crippen molar-refractivity contribution in [3.8, 4) is 5.75 Å². The first-order valence-corrected chi connectivity index (χ1v) is 7.14. The van der Waals surface area contributed by atoms with Crippen molar-refractivity contribution in [1.82, 2.24) is 10.6 Å². The first-order chi connectivity index (χ1) is 10.1. The van der Waals surface area contributed by atoms with Crippen LogP contribution in [0.2, 0.25) is 5.02 Å². The number of ether oxygens (including phenoxy) is 1. The van der Waals surface area contributed by atoms with Gasteiger partial charge in [-0.05, 0) is 37.0 Å². The molecule has 1 fully saturated rings. The lowest BCUT2D eigenvalue weighted by molar-refractivity contribution is 0.247. The Balaban J connectivity index is 0.00000242. The van der Waals surface area contributed by atoms with Gasteiger partial charge in [-0.1, -0.05) is 11.6 Å². The molecule has 3 N–H and O–H groups in total. The van der Waals surface area contributed by atoms with Crippen molar-refractivity contribution in [2.24, 2.45) is 10.9 Å². The van der Waals surface area contributed by atoms with Crippen LogP contribution in [0.3, 0.4) is 0 Å². The number of aliphatic imine (C=N–C) groups is 1. The summed E-state index contributed by atoms with van der Waals surface area (Å²) in [5.41, 5.74) is 0.728. The van der Waals surface area contributed by atoms with Crippen LogP contribution >= 0.6 is 24.0 Å². The molecule has 1 saturated carbocycles. The fraction of sp³-hybridized carbons (Fsp3) is 0.429. The number of carbonyl (C=O) groups is 1. The number of benzene rings is 1. The number of anilines is 1. The van der Waals surface area contributed by atoms with Crippen LogP contribution in [0.5, 0.6) is 5.75 Å². The highest BCUT2D eigenvalue weighted by Gasteiger charge is 2.21. The fourth-order valence-electron chi connectivity index (χ4n) is 1.68. The number of methoxy groups -OCH3 is 1. The van der Waals surface area contributed by atoms with Crippen molar-refractivity contribution >= 4 is 41.7 Å². The number of urea groups is 1. The van der Waals surface area contributed by atoms with Gasteiger partial charge in [0.2, 0.25) is 5.96 Å². The standard InChI is InChI=1S/C14H19ClN4O2.ClH/c1-16-14(20)19-13(17-8-9-3-4-9)18-10-5-6-12(21-2)11(15)7-10;/h5-7,9H,3-4,8H2,1-2H3,(H3,16,17,18,19,20);1H. The number of nitrogens with zero attached hydrogens (tertiary/aromatic N) is 1. The smallest absolute Gasteiger partial charge is 0.321 e. The molecular formula is C14H20Cl2N4O2. The van der Waals surface area contributed by atoms with Crippen molar-refractivity contribution in [1.29, 1.82) is 0 Å². The second-order valence-electron chi connectivity index (χ2n) is 4.81. The van der Waals surface area contributed by atoms with E-state index in [9.17, 15) is 4.79 Å². The van der Waals surface area contributed by atoms with E-state index in [0.717, 1.165) is 5.69 Å². The maximum absolute atomic E-state index is 11.5. The van der Waals surface area contributed by atoms with Crippen molar-refractivity contribution in [2.45, 2.75) is 12.8 Å². The van der Waals surface area contributed by atoms with E-state index in [2.05, 4.69) is 20.9 Å². The Labute approximate surface area is 141 Å². The quantitative estimate of drug-likeness (QED) is 0.579. The summed E-state index contributed by atoms with van der Waals surface area (Å²) in [5.74, 6) is 1.63. The number of hydrogen-bond acceptors (Lipinski definition) is 3. The van der Waals surface area contributed by atoms with E-state index in [1.54, 1.807) is 26.3 Å². The summed E-state index contributed by atoms with van der Waals surface area (Å²) in [6, 6.07) is 4.96. The minimum Gasteiger partial charge on any atom is -0.495 e. The van der Waals surface area contributed by atoms with Crippen molar-refractivity contribution < 1.29 is 9.53 Å². The van der Waals surface area contributed by atoms with Crippen molar-refractivity contribution in [3.63, 3.8) is 0 Å². The van der Waals surface area contributed by atoms with Crippen LogP contribution < -0.4 is 20.7 Å². The zero-order valence-corrected chi connectivity index (χ0v) is 14.1. The van der Waals surface area contributed by atoms with E-state index in [-0.39, 0.29) is 18.4 Å². The molecule has 0 aromatic heterocycles. The van der Waals surface area contributed by atoms with Gasteiger partial charge in [0, 0.05) is 19.3 Å². The largest absolute Gasteiger partial charge is 0.495 e. The van der Waals surface area contributed by atoms with Gasteiger partial charge >= 0.3 is 6.03 Å². The van der Waals surface area contributed by atoms with Gasteiger partial charge in [0.1, 0.15) is 5.75 Å². The summed E-state index contributed by atoms with van der Waals surface area (Å²) >= 11 is 6.08. The van der Waals surface area contributed by atoms with E-state index in [0.29, 0.717) is 29.2 Å². The molecule has 22 heavy (non-hydrogen) atoms. The SMILES string of the molecule is CNC(=O)NC(=NCC1CC1)Nc1ccc(OC)c(Cl)c1.Cl. The Kier molecular flexibility index (Phi) is 7.27. The molecule has 0 radical (unpaired) electrons. The van der Waals surface area contributed by atoms with Gasteiger partial charge in [-0.3, -0.25) is 10.3 Å². The maximum Gasteiger partial charge on any atom is 0.321 e. The van der Waals surface area contributed by atoms with Gasteiger partial charge < -0.3 is 15.4 Å². The molecule has 1 aromatic rings. The number of carbonyl (C=O) groups excluding carboxylic acids is 1. The van der Waals surface area contributed by atoms with E-state index in [1.807, 2.05) is 6.07 Å². The lowest BCUT2D eigenvalue weighted by atomic mass is 10.3. The van der Waals surface area contributed by atoms with Crippen LogP contribution in [-0.4, -0.2) is 32.7 Å². The molecule has 0 bridgehead atoms. The number of guanidine groups is 1. The Morgan fingerprint density at radius 2 is 2.18 bits per heavy atom. The molecule has 2 amide bonds. The van der Waals surface area contributed by atoms with Crippen LogP contribution in [-0.2, 0) is 0 Å². The molecule has 8 heteroatoms. The predicted octanol–water partition coefficient (Wildman–Crippen LogP) is 2.88. The fourth-order valence-corrected chi connectivity index (χ4v) is 1.94. The Bertz CT molecular complexity index is 548. The highest BCUT2D eigenvalue weighted by atomic mass is 35.5. The van der Waals surface area contributed by atoms with Gasteiger partial charge in [0.25, 0.3) is 0 Å². The van der Waals surface area contributed by atoms with E-state index in [4.69, 9.17) is 16.3 Å². The molecule has 0 atom stereocenters. The lowest BCUT2D eigenvalue weighted by Gasteiger charge is -2.12. The zero-order chi connectivity index (χ0) is 15.2. The summed E-state index contributed by atoms with van der Waals surface area (Å²) in [7, 11) is 3.11. The molecule has 6 nitrogen and oxygen atoms in total. The molecular weight excluding hydrogens is 327 g/mol. The molecule has 0 saturated heterocycles. The molecule has 0 heterocycles. The predicted molar refractivity (Wildman–Crippen MR) is 91.5 cm³/mol. The summed E-state index contributed by atoms with van der Waals surface area (Å²) in [5, 5.41) is 8.71. The zero-order valence-electron chi connectivity index (χ0n) is 12.5. The molecule has 122 valence electrons. The third-order valence-electron chi connectivity index (χ3n) is 3.08.